The fourth-order valence-electron chi connectivity index (χ4n) is 1.81. The van der Waals surface area contributed by atoms with Crippen LogP contribution in [-0.2, 0) is 4.79 Å². The van der Waals surface area contributed by atoms with Gasteiger partial charge in [-0.1, -0.05) is 34.6 Å². The van der Waals surface area contributed by atoms with E-state index in [0.29, 0.717) is 16.4 Å². The molecule has 3 nitrogen and oxygen atoms in total. The van der Waals surface area contributed by atoms with E-state index in [9.17, 15) is 4.79 Å². The van der Waals surface area contributed by atoms with Crippen LogP contribution >= 0.6 is 11.8 Å². The van der Waals surface area contributed by atoms with Gasteiger partial charge in [0.15, 0.2) is 0 Å². The van der Waals surface area contributed by atoms with Crippen molar-refractivity contribution in [2.75, 3.05) is 6.54 Å². The molecule has 0 saturated heterocycles. The van der Waals surface area contributed by atoms with Gasteiger partial charge in [0.05, 0.1) is 5.54 Å². The van der Waals surface area contributed by atoms with Crippen LogP contribution in [0.1, 0.15) is 54.4 Å². The van der Waals surface area contributed by atoms with Crippen LogP contribution in [0.5, 0.6) is 0 Å². The fourth-order valence-corrected chi connectivity index (χ4v) is 3.28. The summed E-state index contributed by atoms with van der Waals surface area (Å²) >= 11 is 1.94. The van der Waals surface area contributed by atoms with Crippen molar-refractivity contribution < 1.29 is 4.79 Å². The summed E-state index contributed by atoms with van der Waals surface area (Å²) in [7, 11) is 0. The van der Waals surface area contributed by atoms with Crippen molar-refractivity contribution in [3.05, 3.63) is 0 Å². The van der Waals surface area contributed by atoms with Crippen molar-refractivity contribution in [3.63, 3.8) is 0 Å². The monoisotopic (exact) mass is 274 g/mol. The molecule has 0 aromatic rings. The Morgan fingerprint density at radius 3 is 2.28 bits per heavy atom. The van der Waals surface area contributed by atoms with Gasteiger partial charge in [-0.05, 0) is 32.2 Å². The predicted octanol–water partition coefficient (Wildman–Crippen LogP) is 2.79. The number of carbonyl (C=O) groups excluding carboxylic acids is 1. The molecule has 3 unspecified atom stereocenters. The Labute approximate surface area is 117 Å². The molecule has 0 aliphatic rings. The van der Waals surface area contributed by atoms with Crippen molar-refractivity contribution in [1.82, 2.24) is 5.32 Å². The Morgan fingerprint density at radius 1 is 1.33 bits per heavy atom. The standard InChI is InChI=1S/C14H30N2OS/c1-7-8-16-14(6,13(15)17)9-11(4)18-12(5)10(2)3/h10-12,16H,7-9H2,1-6H3,(H2,15,17). The zero-order chi connectivity index (χ0) is 14.3. The molecule has 108 valence electrons. The first kappa shape index (κ1) is 17.8. The lowest BCUT2D eigenvalue weighted by atomic mass is 9.95. The number of nitrogens with one attached hydrogen (secondary N) is 1. The van der Waals surface area contributed by atoms with Crippen LogP contribution in [0.3, 0.4) is 0 Å². The molecule has 0 aliphatic heterocycles. The second-order valence-electron chi connectivity index (χ2n) is 5.72. The molecule has 0 bridgehead atoms. The maximum atomic E-state index is 11.6. The van der Waals surface area contributed by atoms with Gasteiger partial charge in [-0.3, -0.25) is 4.79 Å². The summed E-state index contributed by atoms with van der Waals surface area (Å²) in [5.74, 6) is 0.404. The van der Waals surface area contributed by atoms with Crippen LogP contribution in [0.4, 0.5) is 0 Å². The molecule has 18 heavy (non-hydrogen) atoms. The molecule has 0 fully saturated rings. The smallest absolute Gasteiger partial charge is 0.237 e. The molecule has 0 rings (SSSR count). The van der Waals surface area contributed by atoms with Gasteiger partial charge in [0.25, 0.3) is 0 Å². The molecule has 0 spiro atoms. The Kier molecular flexibility index (Phi) is 7.95. The number of rotatable bonds is 9. The van der Waals surface area contributed by atoms with Gasteiger partial charge in [-0.25, -0.2) is 0 Å². The number of thioether (sulfide) groups is 1. The van der Waals surface area contributed by atoms with Crippen LogP contribution in [0, 0.1) is 5.92 Å². The molecule has 0 heterocycles. The maximum Gasteiger partial charge on any atom is 0.237 e. The van der Waals surface area contributed by atoms with E-state index in [0.717, 1.165) is 19.4 Å². The highest BCUT2D eigenvalue weighted by Gasteiger charge is 2.32. The van der Waals surface area contributed by atoms with Gasteiger partial charge < -0.3 is 11.1 Å². The fraction of sp³-hybridized carbons (Fsp3) is 0.929. The third-order valence-corrected chi connectivity index (χ3v) is 5.00. The lowest BCUT2D eigenvalue weighted by Crippen LogP contribution is -2.54. The zero-order valence-corrected chi connectivity index (χ0v) is 13.6. The van der Waals surface area contributed by atoms with Gasteiger partial charge in [0.2, 0.25) is 5.91 Å². The van der Waals surface area contributed by atoms with Crippen LogP contribution in [0.15, 0.2) is 0 Å². The molecule has 0 saturated carbocycles. The molecule has 1 amide bonds. The average Bonchev–Trinajstić information content (AvgIpc) is 2.25. The first-order valence-electron chi connectivity index (χ1n) is 6.93. The Balaban J connectivity index is 4.44. The summed E-state index contributed by atoms with van der Waals surface area (Å²) in [5.41, 5.74) is 4.96. The summed E-state index contributed by atoms with van der Waals surface area (Å²) in [6, 6.07) is 0. The quantitative estimate of drug-likeness (QED) is 0.680. The Bertz CT molecular complexity index is 258. The SMILES string of the molecule is CCCNC(C)(CC(C)SC(C)C(C)C)C(N)=O. The van der Waals surface area contributed by atoms with Gasteiger partial charge in [-0.15, -0.1) is 0 Å². The minimum Gasteiger partial charge on any atom is -0.368 e. The predicted molar refractivity (Wildman–Crippen MR) is 81.9 cm³/mol. The molecule has 0 aromatic carbocycles. The largest absolute Gasteiger partial charge is 0.368 e. The summed E-state index contributed by atoms with van der Waals surface area (Å²) in [6.45, 7) is 13.7. The van der Waals surface area contributed by atoms with Crippen molar-refractivity contribution in [3.8, 4) is 0 Å². The van der Waals surface area contributed by atoms with Gasteiger partial charge in [0, 0.05) is 10.5 Å². The third-order valence-electron chi connectivity index (χ3n) is 3.39. The van der Waals surface area contributed by atoms with E-state index in [4.69, 9.17) is 5.73 Å². The lowest BCUT2D eigenvalue weighted by Gasteiger charge is -2.31. The summed E-state index contributed by atoms with van der Waals surface area (Å²) in [6.07, 6.45) is 1.79. The second kappa shape index (κ2) is 8.05. The normalized spacial score (nSPS) is 18.4. The summed E-state index contributed by atoms with van der Waals surface area (Å²) < 4.78 is 0. The van der Waals surface area contributed by atoms with Gasteiger partial charge >= 0.3 is 0 Å². The van der Waals surface area contributed by atoms with Crippen molar-refractivity contribution >= 4 is 17.7 Å². The van der Waals surface area contributed by atoms with Crippen LogP contribution in [0.2, 0.25) is 0 Å². The van der Waals surface area contributed by atoms with Gasteiger partial charge in [-0.2, -0.15) is 11.8 Å². The highest BCUT2D eigenvalue weighted by molar-refractivity contribution is 8.00. The molecule has 0 radical (unpaired) electrons. The average molecular weight is 274 g/mol. The molecule has 4 heteroatoms. The molecular formula is C14H30N2OS. The van der Waals surface area contributed by atoms with Crippen molar-refractivity contribution in [2.24, 2.45) is 11.7 Å². The first-order valence-corrected chi connectivity index (χ1v) is 7.87. The molecule has 0 aliphatic carbocycles. The minimum absolute atomic E-state index is 0.249. The Morgan fingerprint density at radius 2 is 1.89 bits per heavy atom. The number of hydrogen-bond donors (Lipinski definition) is 2. The molecule has 3 N–H and O–H groups in total. The lowest BCUT2D eigenvalue weighted by molar-refractivity contribution is -0.124. The van der Waals surface area contributed by atoms with E-state index in [1.807, 2.05) is 18.7 Å². The van der Waals surface area contributed by atoms with Gasteiger partial charge in [0.1, 0.15) is 0 Å². The number of amides is 1. The maximum absolute atomic E-state index is 11.6. The topological polar surface area (TPSA) is 55.1 Å². The van der Waals surface area contributed by atoms with E-state index in [1.54, 1.807) is 0 Å². The van der Waals surface area contributed by atoms with E-state index in [-0.39, 0.29) is 5.91 Å². The first-order chi connectivity index (χ1) is 8.23. The highest BCUT2D eigenvalue weighted by Crippen LogP contribution is 2.28. The molecule has 3 atom stereocenters. The van der Waals surface area contributed by atoms with E-state index < -0.39 is 5.54 Å². The second-order valence-corrected chi connectivity index (χ2v) is 7.54. The highest BCUT2D eigenvalue weighted by atomic mass is 32.2. The number of nitrogens with two attached hydrogens (primary N) is 1. The number of primary amides is 1. The summed E-state index contributed by atoms with van der Waals surface area (Å²) in [5, 5.41) is 4.31. The van der Waals surface area contributed by atoms with E-state index in [1.165, 1.54) is 0 Å². The third kappa shape index (κ3) is 6.10. The van der Waals surface area contributed by atoms with Crippen molar-refractivity contribution in [1.29, 1.82) is 0 Å². The van der Waals surface area contributed by atoms with Crippen LogP contribution in [-0.4, -0.2) is 28.5 Å². The van der Waals surface area contributed by atoms with Crippen LogP contribution < -0.4 is 11.1 Å². The number of hydrogen-bond acceptors (Lipinski definition) is 3. The Hall–Kier alpha value is -0.220. The minimum atomic E-state index is -0.584. The van der Waals surface area contributed by atoms with Crippen molar-refractivity contribution in [2.45, 2.75) is 70.4 Å². The number of carbonyl (C=O) groups is 1. The van der Waals surface area contributed by atoms with E-state index in [2.05, 4.69) is 39.9 Å². The zero-order valence-electron chi connectivity index (χ0n) is 12.7. The molecule has 0 aromatic heterocycles. The van der Waals surface area contributed by atoms with Crippen LogP contribution in [0.25, 0.3) is 0 Å². The summed E-state index contributed by atoms with van der Waals surface area (Å²) in [4.78, 5) is 11.6. The molecular weight excluding hydrogens is 244 g/mol. The van der Waals surface area contributed by atoms with E-state index >= 15 is 0 Å².